The molecule has 1 unspecified atom stereocenters. The zero-order chi connectivity index (χ0) is 14.4. The van der Waals surface area contributed by atoms with Gasteiger partial charge in [-0.3, -0.25) is 15.0 Å². The van der Waals surface area contributed by atoms with Gasteiger partial charge in [0.15, 0.2) is 0 Å². The normalized spacial score (nSPS) is 12.3. The molecule has 0 saturated heterocycles. The van der Waals surface area contributed by atoms with Gasteiger partial charge in [0, 0.05) is 12.1 Å². The zero-order valence-corrected chi connectivity index (χ0v) is 11.8. The van der Waals surface area contributed by atoms with Gasteiger partial charge < -0.3 is 10.1 Å². The summed E-state index contributed by atoms with van der Waals surface area (Å²) < 4.78 is 5.11. The molecule has 0 aliphatic carbocycles. The smallest absolute Gasteiger partial charge is 0.292 e. The Bertz CT molecular complexity index is 433. The third-order valence-electron chi connectivity index (χ3n) is 3.12. The van der Waals surface area contributed by atoms with E-state index in [-0.39, 0.29) is 11.9 Å². The van der Waals surface area contributed by atoms with Gasteiger partial charge in [-0.05, 0) is 26.1 Å². The van der Waals surface area contributed by atoms with E-state index in [0.717, 1.165) is 13.1 Å². The van der Waals surface area contributed by atoms with Crippen molar-refractivity contribution in [1.82, 2.24) is 4.90 Å². The van der Waals surface area contributed by atoms with Crippen LogP contribution in [0.5, 0.6) is 5.75 Å². The van der Waals surface area contributed by atoms with Crippen molar-refractivity contribution in [2.75, 3.05) is 25.5 Å². The summed E-state index contributed by atoms with van der Waals surface area (Å²) in [5.41, 5.74) is 0.531. The summed E-state index contributed by atoms with van der Waals surface area (Å²) in [6.45, 7) is 7.85. The van der Waals surface area contributed by atoms with E-state index >= 15 is 0 Å². The van der Waals surface area contributed by atoms with Crippen LogP contribution < -0.4 is 10.1 Å². The van der Waals surface area contributed by atoms with E-state index < -0.39 is 4.92 Å². The topological polar surface area (TPSA) is 67.6 Å². The van der Waals surface area contributed by atoms with Crippen molar-refractivity contribution in [2.45, 2.75) is 26.9 Å². The van der Waals surface area contributed by atoms with E-state index in [1.807, 2.05) is 6.92 Å². The zero-order valence-electron chi connectivity index (χ0n) is 11.8. The van der Waals surface area contributed by atoms with Gasteiger partial charge in [0.05, 0.1) is 18.2 Å². The molecule has 1 aromatic rings. The number of ether oxygens (including phenoxy) is 1. The van der Waals surface area contributed by atoms with Gasteiger partial charge in [0.25, 0.3) is 5.69 Å². The average molecular weight is 267 g/mol. The lowest BCUT2D eigenvalue weighted by molar-refractivity contribution is -0.384. The second-order valence-electron chi connectivity index (χ2n) is 4.18. The van der Waals surface area contributed by atoms with E-state index in [1.165, 1.54) is 6.07 Å². The number of nitrogens with zero attached hydrogens (tertiary/aromatic N) is 2. The Labute approximate surface area is 113 Å². The number of anilines is 1. The number of rotatable bonds is 7. The first-order valence-corrected chi connectivity index (χ1v) is 6.36. The van der Waals surface area contributed by atoms with Crippen LogP contribution in [0.2, 0.25) is 0 Å². The molecule has 1 atom stereocenters. The molecule has 0 aliphatic heterocycles. The predicted octanol–water partition coefficient (Wildman–Crippen LogP) is 2.70. The Morgan fingerprint density at radius 3 is 2.53 bits per heavy atom. The number of methoxy groups -OCH3 is 1. The van der Waals surface area contributed by atoms with Crippen LogP contribution in [0.3, 0.4) is 0 Å². The van der Waals surface area contributed by atoms with Crippen LogP contribution in [0.25, 0.3) is 0 Å². The molecule has 0 saturated carbocycles. The fourth-order valence-corrected chi connectivity index (χ4v) is 2.00. The predicted molar refractivity (Wildman–Crippen MR) is 75.7 cm³/mol. The number of nitro benzene ring substituents is 1. The first-order chi connectivity index (χ1) is 9.03. The minimum absolute atomic E-state index is 0.0146. The Kier molecular flexibility index (Phi) is 5.57. The van der Waals surface area contributed by atoms with Crippen LogP contribution in [-0.2, 0) is 0 Å². The molecule has 106 valence electrons. The minimum Gasteiger partial charge on any atom is -0.497 e. The maximum atomic E-state index is 11.0. The minimum atomic E-state index is -0.392. The summed E-state index contributed by atoms with van der Waals surface area (Å²) in [5, 5.41) is 14.2. The molecule has 1 N–H and O–H groups in total. The highest BCUT2D eigenvalue weighted by Gasteiger charge is 2.18. The van der Waals surface area contributed by atoms with Crippen molar-refractivity contribution in [3.8, 4) is 5.75 Å². The van der Waals surface area contributed by atoms with E-state index in [0.29, 0.717) is 11.4 Å². The molecule has 0 amide bonds. The van der Waals surface area contributed by atoms with Crippen LogP contribution in [0.15, 0.2) is 18.2 Å². The van der Waals surface area contributed by atoms with Gasteiger partial charge in [0.2, 0.25) is 0 Å². The van der Waals surface area contributed by atoms with Crippen molar-refractivity contribution in [2.24, 2.45) is 0 Å². The Balaban J connectivity index is 3.00. The highest BCUT2D eigenvalue weighted by molar-refractivity contribution is 5.64. The van der Waals surface area contributed by atoms with E-state index in [1.54, 1.807) is 19.2 Å². The number of hydrogen-bond acceptors (Lipinski definition) is 5. The van der Waals surface area contributed by atoms with Crippen LogP contribution in [0.4, 0.5) is 11.4 Å². The molecular weight excluding hydrogens is 246 g/mol. The SMILES string of the molecule is CCN(CC)C(C)Nc1cc(OC)ccc1[N+](=O)[O-]. The fourth-order valence-electron chi connectivity index (χ4n) is 2.00. The van der Waals surface area contributed by atoms with Crippen molar-refractivity contribution < 1.29 is 9.66 Å². The lowest BCUT2D eigenvalue weighted by atomic mass is 10.2. The Morgan fingerprint density at radius 1 is 1.42 bits per heavy atom. The molecule has 0 spiro atoms. The molecule has 0 heterocycles. The third kappa shape index (κ3) is 3.82. The summed E-state index contributed by atoms with van der Waals surface area (Å²) in [4.78, 5) is 12.8. The van der Waals surface area contributed by atoms with Gasteiger partial charge in [0.1, 0.15) is 11.4 Å². The Hall–Kier alpha value is -1.82. The number of benzene rings is 1. The van der Waals surface area contributed by atoms with Gasteiger partial charge in [-0.25, -0.2) is 0 Å². The summed E-state index contributed by atoms with van der Waals surface area (Å²) in [7, 11) is 1.54. The average Bonchev–Trinajstić information content (AvgIpc) is 2.39. The largest absolute Gasteiger partial charge is 0.497 e. The van der Waals surface area contributed by atoms with Gasteiger partial charge in [-0.2, -0.15) is 0 Å². The molecule has 1 rings (SSSR count). The molecule has 0 fully saturated rings. The van der Waals surface area contributed by atoms with Gasteiger partial charge in [-0.15, -0.1) is 0 Å². The lowest BCUT2D eigenvalue weighted by Gasteiger charge is -2.27. The molecule has 0 bridgehead atoms. The molecule has 6 nitrogen and oxygen atoms in total. The van der Waals surface area contributed by atoms with Crippen molar-refractivity contribution in [1.29, 1.82) is 0 Å². The summed E-state index contributed by atoms with van der Waals surface area (Å²) >= 11 is 0. The van der Waals surface area contributed by atoms with E-state index in [2.05, 4.69) is 24.1 Å². The van der Waals surface area contributed by atoms with Crippen LogP contribution >= 0.6 is 0 Å². The second kappa shape index (κ2) is 6.94. The molecule has 0 aliphatic rings. The van der Waals surface area contributed by atoms with Crippen LogP contribution in [-0.4, -0.2) is 36.2 Å². The molecule has 6 heteroatoms. The van der Waals surface area contributed by atoms with E-state index in [9.17, 15) is 10.1 Å². The monoisotopic (exact) mass is 267 g/mol. The standard InChI is InChI=1S/C13H21N3O3/c1-5-15(6-2)10(3)14-12-9-11(19-4)7-8-13(12)16(17)18/h7-10,14H,5-6H2,1-4H3. The highest BCUT2D eigenvalue weighted by atomic mass is 16.6. The number of hydrogen-bond donors (Lipinski definition) is 1. The first kappa shape index (κ1) is 15.2. The van der Waals surface area contributed by atoms with Gasteiger partial charge in [-0.1, -0.05) is 13.8 Å². The fraction of sp³-hybridized carbons (Fsp3) is 0.538. The number of nitro groups is 1. The van der Waals surface area contributed by atoms with Crippen molar-refractivity contribution in [3.05, 3.63) is 28.3 Å². The van der Waals surface area contributed by atoms with Crippen molar-refractivity contribution in [3.63, 3.8) is 0 Å². The maximum absolute atomic E-state index is 11.0. The molecule has 0 radical (unpaired) electrons. The quantitative estimate of drug-likeness (QED) is 0.467. The summed E-state index contributed by atoms with van der Waals surface area (Å²) in [6, 6.07) is 4.69. The molecule has 0 aromatic heterocycles. The lowest BCUT2D eigenvalue weighted by Crippen LogP contribution is -2.38. The Morgan fingerprint density at radius 2 is 2.05 bits per heavy atom. The molecular formula is C13H21N3O3. The van der Waals surface area contributed by atoms with Gasteiger partial charge >= 0.3 is 0 Å². The molecule has 1 aromatic carbocycles. The summed E-state index contributed by atoms with van der Waals surface area (Å²) in [6.07, 6.45) is 0.0146. The van der Waals surface area contributed by atoms with Crippen LogP contribution in [0.1, 0.15) is 20.8 Å². The third-order valence-corrected chi connectivity index (χ3v) is 3.12. The van der Waals surface area contributed by atoms with E-state index in [4.69, 9.17) is 4.74 Å². The summed E-state index contributed by atoms with van der Waals surface area (Å²) in [5.74, 6) is 0.597. The second-order valence-corrected chi connectivity index (χ2v) is 4.18. The van der Waals surface area contributed by atoms with Crippen LogP contribution in [0, 0.1) is 10.1 Å². The highest BCUT2D eigenvalue weighted by Crippen LogP contribution is 2.29. The molecule has 19 heavy (non-hydrogen) atoms. The maximum Gasteiger partial charge on any atom is 0.292 e. The van der Waals surface area contributed by atoms with Crippen molar-refractivity contribution >= 4 is 11.4 Å². The number of nitrogens with one attached hydrogen (secondary N) is 1. The first-order valence-electron chi connectivity index (χ1n) is 6.36.